The molecule has 0 fully saturated rings. The maximum atomic E-state index is 10.8. The zero-order valence-corrected chi connectivity index (χ0v) is 11.7. The van der Waals surface area contributed by atoms with Crippen LogP contribution in [-0.2, 0) is 10.8 Å². The van der Waals surface area contributed by atoms with E-state index in [-0.39, 0.29) is 5.56 Å². The maximum absolute atomic E-state index is 10.8. The highest BCUT2D eigenvalue weighted by atomic mass is 32.2. The minimum atomic E-state index is -0.962. The van der Waals surface area contributed by atoms with Crippen LogP contribution >= 0.6 is 0 Å². The summed E-state index contributed by atoms with van der Waals surface area (Å²) in [5, 5.41) is 12.0. The highest BCUT2D eigenvalue weighted by Crippen LogP contribution is 2.12. The van der Waals surface area contributed by atoms with Gasteiger partial charge in [-0.25, -0.2) is 4.79 Å². The maximum Gasteiger partial charge on any atom is 0.335 e. The Bertz CT molecular complexity index is 436. The van der Waals surface area contributed by atoms with Crippen LogP contribution in [0.25, 0.3) is 0 Å². The van der Waals surface area contributed by atoms with Gasteiger partial charge in [0.2, 0.25) is 0 Å². The summed E-state index contributed by atoms with van der Waals surface area (Å²) in [7, 11) is -0.737. The third kappa shape index (κ3) is 6.93. The average molecular weight is 285 g/mol. The number of hydrogen-bond acceptors (Lipinski definition) is 4. The van der Waals surface area contributed by atoms with Crippen LogP contribution in [0.2, 0.25) is 0 Å². The first-order valence-electron chi connectivity index (χ1n) is 6.06. The molecule has 1 rings (SSSR count). The van der Waals surface area contributed by atoms with E-state index in [4.69, 9.17) is 9.84 Å². The number of benzene rings is 1. The molecule has 0 aliphatic carbocycles. The predicted octanol–water partition coefficient (Wildman–Crippen LogP) is 1.12. The van der Waals surface area contributed by atoms with Crippen molar-refractivity contribution in [1.82, 2.24) is 5.32 Å². The molecule has 1 unspecified atom stereocenters. The van der Waals surface area contributed by atoms with Gasteiger partial charge in [0.1, 0.15) is 12.4 Å². The van der Waals surface area contributed by atoms with Gasteiger partial charge >= 0.3 is 5.97 Å². The van der Waals surface area contributed by atoms with Gasteiger partial charge in [0.05, 0.1) is 5.56 Å². The first-order valence-corrected chi connectivity index (χ1v) is 7.79. The molecule has 6 heteroatoms. The topological polar surface area (TPSA) is 75.6 Å². The number of aromatic carboxylic acids is 1. The van der Waals surface area contributed by atoms with Crippen molar-refractivity contribution < 1.29 is 18.8 Å². The number of carboxylic acids is 1. The molecule has 1 aromatic carbocycles. The largest absolute Gasteiger partial charge is 0.492 e. The molecule has 2 N–H and O–H groups in total. The molecule has 5 nitrogen and oxygen atoms in total. The lowest BCUT2D eigenvalue weighted by atomic mass is 10.2. The first kappa shape index (κ1) is 15.7. The minimum Gasteiger partial charge on any atom is -0.492 e. The molecular formula is C13H19NO4S. The van der Waals surface area contributed by atoms with Crippen molar-refractivity contribution in [2.24, 2.45) is 0 Å². The van der Waals surface area contributed by atoms with Gasteiger partial charge in [-0.05, 0) is 31.2 Å². The number of carbonyl (C=O) groups is 1. The Balaban J connectivity index is 2.17. The average Bonchev–Trinajstić information content (AvgIpc) is 2.37. The fourth-order valence-corrected chi connectivity index (χ4v) is 2.04. The third-order valence-corrected chi connectivity index (χ3v) is 3.28. The second-order valence-corrected chi connectivity index (χ2v) is 5.62. The summed E-state index contributed by atoms with van der Waals surface area (Å²) in [5.41, 5.74) is 0.218. The highest BCUT2D eigenvalue weighted by molar-refractivity contribution is 7.84. The van der Waals surface area contributed by atoms with Gasteiger partial charge in [-0.2, -0.15) is 0 Å². The summed E-state index contributed by atoms with van der Waals surface area (Å²) in [4.78, 5) is 10.8. The van der Waals surface area contributed by atoms with Crippen molar-refractivity contribution in [1.29, 1.82) is 0 Å². The Hall–Kier alpha value is -1.40. The van der Waals surface area contributed by atoms with Gasteiger partial charge in [0, 0.05) is 29.4 Å². The van der Waals surface area contributed by atoms with Gasteiger partial charge in [0.25, 0.3) is 0 Å². The van der Waals surface area contributed by atoms with E-state index in [0.29, 0.717) is 24.7 Å². The van der Waals surface area contributed by atoms with Crippen molar-refractivity contribution in [2.75, 3.05) is 31.7 Å². The SMILES string of the molecule is CS(=O)CCCNCCOc1cccc(C(=O)O)c1. The Morgan fingerprint density at radius 2 is 2.21 bits per heavy atom. The number of rotatable bonds is 9. The molecule has 0 aromatic heterocycles. The molecule has 1 aromatic rings. The van der Waals surface area contributed by atoms with Crippen molar-refractivity contribution in [3.63, 3.8) is 0 Å². The highest BCUT2D eigenvalue weighted by Gasteiger charge is 2.03. The summed E-state index contributed by atoms with van der Waals surface area (Å²) in [5.74, 6) is 0.293. The number of carboxylic acid groups (broad SMARTS) is 1. The summed E-state index contributed by atoms with van der Waals surface area (Å²) in [6, 6.07) is 6.41. The zero-order chi connectivity index (χ0) is 14.1. The van der Waals surface area contributed by atoms with E-state index in [1.165, 1.54) is 12.1 Å². The molecule has 0 saturated heterocycles. The minimum absolute atomic E-state index is 0.218. The van der Waals surface area contributed by atoms with E-state index >= 15 is 0 Å². The Morgan fingerprint density at radius 1 is 1.42 bits per heavy atom. The third-order valence-electron chi connectivity index (χ3n) is 2.41. The zero-order valence-electron chi connectivity index (χ0n) is 10.9. The van der Waals surface area contributed by atoms with Gasteiger partial charge in [-0.1, -0.05) is 6.07 Å². The van der Waals surface area contributed by atoms with Crippen LogP contribution in [0.15, 0.2) is 24.3 Å². The molecule has 0 radical (unpaired) electrons. The van der Waals surface area contributed by atoms with Crippen LogP contribution in [-0.4, -0.2) is 47.0 Å². The lowest BCUT2D eigenvalue weighted by molar-refractivity contribution is 0.0696. The van der Waals surface area contributed by atoms with Gasteiger partial charge in [-0.15, -0.1) is 0 Å². The lowest BCUT2D eigenvalue weighted by Crippen LogP contribution is -2.23. The van der Waals surface area contributed by atoms with Gasteiger partial charge in [0.15, 0.2) is 0 Å². The van der Waals surface area contributed by atoms with E-state index in [2.05, 4.69) is 5.32 Å². The summed E-state index contributed by atoms with van der Waals surface area (Å²) in [6.45, 7) is 1.95. The summed E-state index contributed by atoms with van der Waals surface area (Å²) < 4.78 is 16.3. The van der Waals surface area contributed by atoms with Crippen LogP contribution < -0.4 is 10.1 Å². The molecule has 0 aliphatic rings. The van der Waals surface area contributed by atoms with Crippen molar-refractivity contribution in [3.8, 4) is 5.75 Å². The molecule has 106 valence electrons. The van der Waals surface area contributed by atoms with Gasteiger partial charge < -0.3 is 15.2 Å². The van der Waals surface area contributed by atoms with Crippen LogP contribution in [0.5, 0.6) is 5.75 Å². The van der Waals surface area contributed by atoms with Crippen molar-refractivity contribution in [2.45, 2.75) is 6.42 Å². The van der Waals surface area contributed by atoms with E-state index in [0.717, 1.165) is 13.0 Å². The quantitative estimate of drug-likeness (QED) is 0.665. The van der Waals surface area contributed by atoms with Crippen LogP contribution in [0.3, 0.4) is 0 Å². The smallest absolute Gasteiger partial charge is 0.335 e. The molecule has 0 heterocycles. The molecule has 0 amide bonds. The van der Waals surface area contributed by atoms with E-state index < -0.39 is 16.8 Å². The standard InChI is InChI=1S/C13H19NO4S/c1-19(17)9-3-6-14-7-8-18-12-5-2-4-11(10-12)13(15)16/h2,4-5,10,14H,3,6-9H2,1H3,(H,15,16). The van der Waals surface area contributed by atoms with E-state index in [9.17, 15) is 9.00 Å². The molecule has 1 atom stereocenters. The Morgan fingerprint density at radius 3 is 2.89 bits per heavy atom. The van der Waals surface area contributed by atoms with Crippen molar-refractivity contribution >= 4 is 16.8 Å². The normalized spacial score (nSPS) is 12.1. The van der Waals surface area contributed by atoms with Crippen molar-refractivity contribution in [3.05, 3.63) is 29.8 Å². The molecular weight excluding hydrogens is 266 g/mol. The van der Waals surface area contributed by atoms with Crippen LogP contribution in [0.1, 0.15) is 16.8 Å². The summed E-state index contributed by atoms with van der Waals surface area (Å²) >= 11 is 0. The Labute approximate surface area is 115 Å². The molecule has 0 saturated carbocycles. The van der Waals surface area contributed by atoms with E-state index in [1.807, 2.05) is 0 Å². The number of nitrogens with one attached hydrogen (secondary N) is 1. The second-order valence-electron chi connectivity index (χ2n) is 4.06. The lowest BCUT2D eigenvalue weighted by Gasteiger charge is -2.07. The summed E-state index contributed by atoms with van der Waals surface area (Å²) in [6.07, 6.45) is 2.57. The fourth-order valence-electron chi connectivity index (χ4n) is 1.49. The fraction of sp³-hybridized carbons (Fsp3) is 0.462. The van der Waals surface area contributed by atoms with Gasteiger partial charge in [-0.3, -0.25) is 4.21 Å². The van der Waals surface area contributed by atoms with E-state index in [1.54, 1.807) is 18.4 Å². The van der Waals surface area contributed by atoms with Crippen LogP contribution in [0, 0.1) is 0 Å². The molecule has 0 bridgehead atoms. The number of hydrogen-bond donors (Lipinski definition) is 2. The first-order chi connectivity index (χ1) is 9.09. The molecule has 19 heavy (non-hydrogen) atoms. The number of ether oxygens (including phenoxy) is 1. The predicted molar refractivity (Wildman–Crippen MR) is 75.3 cm³/mol. The van der Waals surface area contributed by atoms with Crippen LogP contribution in [0.4, 0.5) is 0 Å². The molecule has 0 aliphatic heterocycles. The molecule has 0 spiro atoms. The second kappa shape index (κ2) is 8.66. The Kier molecular flexibility index (Phi) is 7.14. The monoisotopic (exact) mass is 285 g/mol.